The summed E-state index contributed by atoms with van der Waals surface area (Å²) in [5.41, 5.74) is 3.52. The average molecular weight is 499 g/mol. The highest BCUT2D eigenvalue weighted by Gasteiger charge is 2.41. The lowest BCUT2D eigenvalue weighted by Gasteiger charge is -2.22. The van der Waals surface area contributed by atoms with Crippen LogP contribution < -0.4 is 10.6 Å². The van der Waals surface area contributed by atoms with Gasteiger partial charge in [-0.1, -0.05) is 0 Å². The van der Waals surface area contributed by atoms with Crippen LogP contribution in [0.4, 0.5) is 11.8 Å². The van der Waals surface area contributed by atoms with Crippen molar-refractivity contribution in [1.29, 1.82) is 0 Å². The molecule has 10 nitrogen and oxygen atoms in total. The first-order chi connectivity index (χ1) is 17.0. The molecule has 3 aromatic rings. The predicted octanol–water partition coefficient (Wildman–Crippen LogP) is 2.05. The van der Waals surface area contributed by atoms with E-state index in [1.54, 1.807) is 11.3 Å². The summed E-state index contributed by atoms with van der Waals surface area (Å²) in [7, 11) is 0. The number of fused-ring (bicyclic) bond motifs is 1. The van der Waals surface area contributed by atoms with E-state index in [0.717, 1.165) is 51.4 Å². The van der Waals surface area contributed by atoms with Crippen molar-refractivity contribution in [2.75, 3.05) is 30.5 Å². The van der Waals surface area contributed by atoms with E-state index in [1.165, 1.54) is 0 Å². The number of hydrogen-bond acceptors (Lipinski definition) is 11. The summed E-state index contributed by atoms with van der Waals surface area (Å²) >= 11 is 1.58. The second kappa shape index (κ2) is 9.21. The molecule has 5 atom stereocenters. The van der Waals surface area contributed by atoms with Gasteiger partial charge in [0.2, 0.25) is 5.95 Å². The molecule has 0 bridgehead atoms. The van der Waals surface area contributed by atoms with Crippen molar-refractivity contribution >= 4 is 33.3 Å². The normalized spacial score (nSPS) is 28.6. The minimum atomic E-state index is -1.02. The summed E-state index contributed by atoms with van der Waals surface area (Å²) in [4.78, 5) is 19.1. The standard InChI is InChI=1S/C24H30N6O4S/c1-11-17(23-29-19-16(35-23)4-6-25-18(19)12-2-3-12)22(28-15-8-13(9-31)20(32)21(15)33)30-24(26-11)27-14-5-7-34-10-14/h4,6,12-15,20-21,31-33H,2-3,5,7-10H2,1H3,(H2,26,27,28,30). The minimum absolute atomic E-state index is 0.139. The van der Waals surface area contributed by atoms with Gasteiger partial charge in [-0.25, -0.2) is 9.97 Å². The molecule has 2 aliphatic carbocycles. The lowest BCUT2D eigenvalue weighted by atomic mass is 10.1. The average Bonchev–Trinajstić information content (AvgIpc) is 3.27. The van der Waals surface area contributed by atoms with E-state index >= 15 is 0 Å². The van der Waals surface area contributed by atoms with Gasteiger partial charge in [-0.05, 0) is 38.7 Å². The van der Waals surface area contributed by atoms with Crippen LogP contribution in [0, 0.1) is 12.8 Å². The van der Waals surface area contributed by atoms with Crippen molar-refractivity contribution in [2.45, 2.75) is 62.8 Å². The van der Waals surface area contributed by atoms with Crippen molar-refractivity contribution in [3.8, 4) is 10.6 Å². The second-order valence-electron chi connectivity index (χ2n) is 9.81. The van der Waals surface area contributed by atoms with E-state index in [-0.39, 0.29) is 12.6 Å². The van der Waals surface area contributed by atoms with Crippen LogP contribution >= 0.6 is 11.3 Å². The third kappa shape index (κ3) is 4.36. The Labute approximate surface area is 206 Å². The third-order valence-corrected chi connectivity index (χ3v) is 8.26. The number of anilines is 2. The van der Waals surface area contributed by atoms with Gasteiger partial charge in [-0.2, -0.15) is 4.98 Å². The quantitative estimate of drug-likeness (QED) is 0.328. The Morgan fingerprint density at radius 2 is 1.97 bits per heavy atom. The Balaban J connectivity index is 1.40. The van der Waals surface area contributed by atoms with Crippen molar-refractivity contribution in [1.82, 2.24) is 19.9 Å². The van der Waals surface area contributed by atoms with Gasteiger partial charge in [0.05, 0.1) is 46.4 Å². The van der Waals surface area contributed by atoms with E-state index in [9.17, 15) is 15.3 Å². The SMILES string of the molecule is Cc1nc(NC2CCOC2)nc(NC2CC(CO)C(O)C2O)c1-c1nc2c(C3CC3)nccc2s1. The van der Waals surface area contributed by atoms with Gasteiger partial charge in [0.25, 0.3) is 0 Å². The van der Waals surface area contributed by atoms with Crippen LogP contribution in [0.3, 0.4) is 0 Å². The highest BCUT2D eigenvalue weighted by Crippen LogP contribution is 2.44. The molecule has 0 amide bonds. The van der Waals surface area contributed by atoms with Crippen LogP contribution in [0.25, 0.3) is 20.8 Å². The molecular weight excluding hydrogens is 468 g/mol. The fraction of sp³-hybridized carbons (Fsp3) is 0.583. The molecule has 35 heavy (non-hydrogen) atoms. The highest BCUT2D eigenvalue weighted by molar-refractivity contribution is 7.21. The Kier molecular flexibility index (Phi) is 6.05. The summed E-state index contributed by atoms with van der Waals surface area (Å²) < 4.78 is 6.55. The summed E-state index contributed by atoms with van der Waals surface area (Å²) in [5.74, 6) is 1.12. The molecule has 1 aliphatic heterocycles. The van der Waals surface area contributed by atoms with Crippen molar-refractivity contribution < 1.29 is 20.1 Å². The second-order valence-corrected chi connectivity index (χ2v) is 10.8. The maximum atomic E-state index is 10.6. The molecule has 1 saturated heterocycles. The lowest BCUT2D eigenvalue weighted by molar-refractivity contribution is 0.00446. The number of thiazole rings is 1. The highest BCUT2D eigenvalue weighted by atomic mass is 32.1. The number of aliphatic hydroxyl groups is 3. The maximum Gasteiger partial charge on any atom is 0.225 e. The summed E-state index contributed by atoms with van der Waals surface area (Å²) in [6.45, 7) is 3.06. The number of aliphatic hydroxyl groups excluding tert-OH is 3. The number of rotatable bonds is 7. The fourth-order valence-electron chi connectivity index (χ4n) is 5.09. The van der Waals surface area contributed by atoms with Crippen molar-refractivity contribution in [3.63, 3.8) is 0 Å². The molecule has 4 heterocycles. The third-order valence-electron chi connectivity index (χ3n) is 7.22. The number of nitrogens with one attached hydrogen (secondary N) is 2. The van der Waals surface area contributed by atoms with Gasteiger partial charge in [0, 0.05) is 31.2 Å². The van der Waals surface area contributed by atoms with Crippen molar-refractivity contribution in [2.24, 2.45) is 5.92 Å². The van der Waals surface area contributed by atoms with E-state index in [2.05, 4.69) is 15.6 Å². The first kappa shape index (κ1) is 23.0. The molecule has 3 aromatic heterocycles. The van der Waals surface area contributed by atoms with Crippen LogP contribution in [0.1, 0.15) is 43.0 Å². The Morgan fingerprint density at radius 3 is 2.69 bits per heavy atom. The molecule has 2 saturated carbocycles. The monoisotopic (exact) mass is 498 g/mol. The Bertz CT molecular complexity index is 1230. The van der Waals surface area contributed by atoms with Gasteiger partial charge in [0.1, 0.15) is 22.4 Å². The molecule has 3 fully saturated rings. The van der Waals surface area contributed by atoms with E-state index < -0.39 is 24.2 Å². The first-order valence-corrected chi connectivity index (χ1v) is 13.1. The maximum absolute atomic E-state index is 10.6. The summed E-state index contributed by atoms with van der Waals surface area (Å²) in [6, 6.07) is 1.67. The topological polar surface area (TPSA) is 146 Å². The minimum Gasteiger partial charge on any atom is -0.396 e. The molecule has 11 heteroatoms. The molecule has 5 unspecified atom stereocenters. The van der Waals surface area contributed by atoms with Gasteiger partial charge in [-0.3, -0.25) is 4.98 Å². The Hall–Kier alpha value is -2.44. The van der Waals surface area contributed by atoms with Crippen LogP contribution in [0.5, 0.6) is 0 Å². The molecular formula is C24H30N6O4S. The molecule has 0 radical (unpaired) electrons. The molecule has 5 N–H and O–H groups in total. The van der Waals surface area contributed by atoms with Crippen LogP contribution in [-0.4, -0.2) is 79.4 Å². The van der Waals surface area contributed by atoms with E-state index in [0.29, 0.717) is 37.3 Å². The van der Waals surface area contributed by atoms with E-state index in [1.807, 2.05) is 19.2 Å². The molecule has 186 valence electrons. The molecule has 6 rings (SSSR count). The summed E-state index contributed by atoms with van der Waals surface area (Å²) in [5, 5.41) is 38.1. The van der Waals surface area contributed by atoms with Gasteiger partial charge >= 0.3 is 0 Å². The van der Waals surface area contributed by atoms with Crippen LogP contribution in [-0.2, 0) is 4.74 Å². The Morgan fingerprint density at radius 1 is 1.11 bits per heavy atom. The van der Waals surface area contributed by atoms with Gasteiger partial charge in [0.15, 0.2) is 0 Å². The van der Waals surface area contributed by atoms with Gasteiger partial charge in [-0.15, -0.1) is 11.3 Å². The molecule has 3 aliphatic rings. The molecule has 0 aromatic carbocycles. The lowest BCUT2D eigenvalue weighted by Crippen LogP contribution is -2.36. The van der Waals surface area contributed by atoms with Crippen LogP contribution in [0.15, 0.2) is 12.3 Å². The zero-order valence-corrected chi connectivity index (χ0v) is 20.3. The number of pyridine rings is 1. The van der Waals surface area contributed by atoms with Crippen LogP contribution in [0.2, 0.25) is 0 Å². The number of aryl methyl sites for hydroxylation is 1. The number of hydrogen-bond donors (Lipinski definition) is 5. The smallest absolute Gasteiger partial charge is 0.225 e. The fourth-order valence-corrected chi connectivity index (χ4v) is 6.16. The van der Waals surface area contributed by atoms with E-state index in [4.69, 9.17) is 19.7 Å². The number of aromatic nitrogens is 4. The first-order valence-electron chi connectivity index (χ1n) is 12.2. The van der Waals surface area contributed by atoms with Gasteiger partial charge < -0.3 is 30.7 Å². The zero-order valence-electron chi connectivity index (χ0n) is 19.5. The summed E-state index contributed by atoms with van der Waals surface area (Å²) in [6.07, 6.45) is 3.44. The predicted molar refractivity (Wildman–Crippen MR) is 133 cm³/mol. The zero-order chi connectivity index (χ0) is 24.1. The largest absolute Gasteiger partial charge is 0.396 e. The number of nitrogens with zero attached hydrogens (tertiary/aromatic N) is 4. The van der Waals surface area contributed by atoms with Crippen molar-refractivity contribution in [3.05, 3.63) is 23.7 Å². The molecule has 0 spiro atoms. The number of ether oxygens (including phenoxy) is 1.